The maximum Gasteiger partial charge on any atom is 0.430 e. The van der Waals surface area contributed by atoms with Crippen LogP contribution in [0.25, 0.3) is 11.3 Å². The zero-order chi connectivity index (χ0) is 15.8. The molecule has 0 saturated heterocycles. The van der Waals surface area contributed by atoms with Gasteiger partial charge >= 0.3 is 6.18 Å². The van der Waals surface area contributed by atoms with E-state index in [4.69, 9.17) is 24.2 Å². The van der Waals surface area contributed by atoms with E-state index in [9.17, 15) is 13.2 Å². The number of hydrogen-bond donors (Lipinski definition) is 0. The van der Waals surface area contributed by atoms with E-state index in [0.717, 1.165) is 4.57 Å². The highest BCUT2D eigenvalue weighted by atomic mass is 35.5. The standard InChI is InChI=1S/C14H12BClF3NO/c1-8-11(15)13(14(17,18)19)20(7-21-2)12(8)9-3-5-10(16)6-4-9/h3-6H,7H2,1-2H3. The Morgan fingerprint density at radius 1 is 1.24 bits per heavy atom. The van der Waals surface area contributed by atoms with E-state index < -0.39 is 11.9 Å². The van der Waals surface area contributed by atoms with Crippen LogP contribution in [0, 0.1) is 6.92 Å². The SMILES string of the molecule is [B]c1c(C)c(-c2ccc(Cl)cc2)n(COC)c1C(F)(F)F. The monoisotopic (exact) mass is 313 g/mol. The predicted octanol–water partition coefficient (Wildman–Crippen LogP) is 3.53. The number of aromatic nitrogens is 1. The van der Waals surface area contributed by atoms with Crippen molar-refractivity contribution in [3.05, 3.63) is 40.5 Å². The van der Waals surface area contributed by atoms with Crippen LogP contribution in [0.5, 0.6) is 0 Å². The average molecular weight is 314 g/mol. The maximum atomic E-state index is 13.2. The van der Waals surface area contributed by atoms with Crippen molar-refractivity contribution in [3.8, 4) is 11.3 Å². The van der Waals surface area contributed by atoms with Gasteiger partial charge in [-0.2, -0.15) is 13.2 Å². The molecule has 0 N–H and O–H groups in total. The van der Waals surface area contributed by atoms with Crippen molar-refractivity contribution in [2.24, 2.45) is 0 Å². The second-order valence-electron chi connectivity index (χ2n) is 4.59. The molecule has 0 atom stereocenters. The minimum Gasteiger partial charge on any atom is -0.364 e. The Hall–Kier alpha value is -1.40. The Morgan fingerprint density at radius 3 is 2.29 bits per heavy atom. The van der Waals surface area contributed by atoms with Crippen molar-refractivity contribution in [3.63, 3.8) is 0 Å². The summed E-state index contributed by atoms with van der Waals surface area (Å²) in [5, 5.41) is 0.505. The third-order valence-corrected chi connectivity index (χ3v) is 3.45. The fraction of sp³-hybridized carbons (Fsp3) is 0.286. The number of methoxy groups -OCH3 is 1. The molecule has 0 spiro atoms. The minimum atomic E-state index is -4.56. The van der Waals surface area contributed by atoms with Gasteiger partial charge in [0, 0.05) is 12.1 Å². The summed E-state index contributed by atoms with van der Waals surface area (Å²) in [6.45, 7) is 1.31. The molecule has 1 aromatic carbocycles. The average Bonchev–Trinajstić information content (AvgIpc) is 2.63. The van der Waals surface area contributed by atoms with Gasteiger partial charge in [-0.25, -0.2) is 0 Å². The van der Waals surface area contributed by atoms with Crippen molar-refractivity contribution in [2.75, 3.05) is 7.11 Å². The second kappa shape index (κ2) is 5.77. The summed E-state index contributed by atoms with van der Waals surface area (Å²) in [7, 11) is 7.00. The van der Waals surface area contributed by atoms with E-state index in [1.807, 2.05) is 0 Å². The first-order valence-electron chi connectivity index (χ1n) is 6.08. The zero-order valence-corrected chi connectivity index (χ0v) is 12.2. The molecule has 0 aliphatic rings. The Morgan fingerprint density at radius 2 is 1.81 bits per heavy atom. The number of rotatable bonds is 3. The Balaban J connectivity index is 2.73. The molecular weight excluding hydrogens is 301 g/mol. The fourth-order valence-electron chi connectivity index (χ4n) is 2.31. The molecule has 110 valence electrons. The highest BCUT2D eigenvalue weighted by Gasteiger charge is 2.38. The number of halogens is 4. The van der Waals surface area contributed by atoms with Crippen LogP contribution in [-0.2, 0) is 17.6 Å². The molecule has 2 nitrogen and oxygen atoms in total. The molecule has 1 aromatic heterocycles. The van der Waals surface area contributed by atoms with Crippen LogP contribution in [0.1, 0.15) is 11.3 Å². The molecule has 1 heterocycles. The molecular formula is C14H12BClF3NO. The molecule has 0 aliphatic heterocycles. The van der Waals surface area contributed by atoms with Gasteiger partial charge in [-0.05, 0) is 30.2 Å². The van der Waals surface area contributed by atoms with Crippen LogP contribution in [-0.4, -0.2) is 19.5 Å². The lowest BCUT2D eigenvalue weighted by molar-refractivity contribution is -0.144. The van der Waals surface area contributed by atoms with E-state index in [2.05, 4.69) is 0 Å². The maximum absolute atomic E-state index is 13.2. The normalized spacial score (nSPS) is 11.9. The van der Waals surface area contributed by atoms with Crippen LogP contribution in [0.4, 0.5) is 13.2 Å². The third-order valence-electron chi connectivity index (χ3n) is 3.20. The van der Waals surface area contributed by atoms with Crippen LogP contribution in [0.2, 0.25) is 5.02 Å². The first-order chi connectivity index (χ1) is 9.77. The van der Waals surface area contributed by atoms with Gasteiger partial charge in [-0.1, -0.05) is 29.2 Å². The third kappa shape index (κ3) is 2.96. The summed E-state index contributed by atoms with van der Waals surface area (Å²) in [6, 6.07) is 6.53. The number of hydrogen-bond acceptors (Lipinski definition) is 1. The Bertz CT molecular complexity index is 650. The molecule has 0 amide bonds. The summed E-state index contributed by atoms with van der Waals surface area (Å²) < 4.78 is 45.6. The van der Waals surface area contributed by atoms with E-state index in [-0.39, 0.29) is 12.2 Å². The van der Waals surface area contributed by atoms with Crippen molar-refractivity contribution < 1.29 is 17.9 Å². The molecule has 2 radical (unpaired) electrons. The second-order valence-corrected chi connectivity index (χ2v) is 5.02. The van der Waals surface area contributed by atoms with Crippen molar-refractivity contribution in [2.45, 2.75) is 19.8 Å². The summed E-state index contributed by atoms with van der Waals surface area (Å²) in [6.07, 6.45) is -4.56. The van der Waals surface area contributed by atoms with Crippen LogP contribution in [0.3, 0.4) is 0 Å². The van der Waals surface area contributed by atoms with Gasteiger partial charge in [0.2, 0.25) is 0 Å². The van der Waals surface area contributed by atoms with Crippen LogP contribution < -0.4 is 5.46 Å². The van der Waals surface area contributed by atoms with Gasteiger partial charge in [0.25, 0.3) is 0 Å². The fourth-order valence-corrected chi connectivity index (χ4v) is 2.43. The van der Waals surface area contributed by atoms with E-state index >= 15 is 0 Å². The lowest BCUT2D eigenvalue weighted by Crippen LogP contribution is -2.23. The van der Waals surface area contributed by atoms with Crippen LogP contribution in [0.15, 0.2) is 24.3 Å². The highest BCUT2D eigenvalue weighted by Crippen LogP contribution is 2.35. The van der Waals surface area contributed by atoms with Gasteiger partial charge in [-0.15, -0.1) is 0 Å². The molecule has 2 aromatic rings. The lowest BCUT2D eigenvalue weighted by atomic mass is 9.90. The van der Waals surface area contributed by atoms with Crippen LogP contribution >= 0.6 is 11.6 Å². The number of alkyl halides is 3. The Kier molecular flexibility index (Phi) is 4.39. The zero-order valence-electron chi connectivity index (χ0n) is 11.5. The minimum absolute atomic E-state index is 0.245. The molecule has 21 heavy (non-hydrogen) atoms. The van der Waals surface area contributed by atoms with Gasteiger partial charge in [0.15, 0.2) is 0 Å². The van der Waals surface area contributed by atoms with Gasteiger partial charge in [0.1, 0.15) is 20.3 Å². The first-order valence-corrected chi connectivity index (χ1v) is 6.45. The molecule has 0 fully saturated rings. The van der Waals surface area contributed by atoms with E-state index in [1.165, 1.54) is 7.11 Å². The number of nitrogens with zero attached hydrogens (tertiary/aromatic N) is 1. The predicted molar refractivity (Wildman–Crippen MR) is 77.0 cm³/mol. The van der Waals surface area contributed by atoms with Gasteiger partial charge < -0.3 is 9.30 Å². The van der Waals surface area contributed by atoms with Crippen molar-refractivity contribution in [1.29, 1.82) is 0 Å². The van der Waals surface area contributed by atoms with E-state index in [1.54, 1.807) is 31.2 Å². The molecule has 7 heteroatoms. The summed E-state index contributed by atoms with van der Waals surface area (Å²) in [4.78, 5) is 0. The molecule has 2 rings (SSSR count). The molecule has 0 unspecified atom stereocenters. The number of benzene rings is 1. The first kappa shape index (κ1) is 16.0. The van der Waals surface area contributed by atoms with Gasteiger partial charge in [-0.3, -0.25) is 0 Å². The molecule has 0 aliphatic carbocycles. The summed E-state index contributed by atoms with van der Waals surface area (Å²) in [5.41, 5.74) is 0.146. The number of ether oxygens (including phenoxy) is 1. The summed E-state index contributed by atoms with van der Waals surface area (Å²) >= 11 is 5.81. The topological polar surface area (TPSA) is 14.2 Å². The van der Waals surface area contributed by atoms with Gasteiger partial charge in [0.05, 0.1) is 5.69 Å². The smallest absolute Gasteiger partial charge is 0.364 e. The molecule has 0 bridgehead atoms. The lowest BCUT2D eigenvalue weighted by Gasteiger charge is -2.15. The molecule has 0 saturated carbocycles. The van der Waals surface area contributed by atoms with E-state index in [0.29, 0.717) is 21.8 Å². The quantitative estimate of drug-likeness (QED) is 0.791. The highest BCUT2D eigenvalue weighted by molar-refractivity contribution is 6.35. The van der Waals surface area contributed by atoms with Crippen molar-refractivity contribution in [1.82, 2.24) is 4.57 Å². The summed E-state index contributed by atoms with van der Waals surface area (Å²) in [5.74, 6) is 0. The van der Waals surface area contributed by atoms with Crippen molar-refractivity contribution >= 4 is 24.9 Å². The largest absolute Gasteiger partial charge is 0.430 e. The Labute approximate surface area is 126 Å².